The lowest BCUT2D eigenvalue weighted by molar-refractivity contribution is -0.750. The summed E-state index contributed by atoms with van der Waals surface area (Å²) in [5.74, 6) is 8.90. The van der Waals surface area contributed by atoms with Crippen molar-refractivity contribution >= 4 is 12.1 Å². The number of quaternary nitrogens is 1. The van der Waals surface area contributed by atoms with Crippen LogP contribution in [0, 0.1) is 6.92 Å². The van der Waals surface area contributed by atoms with Crippen LogP contribution in [0.1, 0.15) is 17.0 Å². The fourth-order valence-corrected chi connectivity index (χ4v) is 3.31. The zero-order valence-corrected chi connectivity index (χ0v) is 15.2. The molecule has 1 aliphatic carbocycles. The maximum atomic E-state index is 6.72. The van der Waals surface area contributed by atoms with Gasteiger partial charge in [0.05, 0.1) is 18.0 Å². The molecule has 0 saturated heterocycles. The van der Waals surface area contributed by atoms with Crippen molar-refractivity contribution in [2.24, 2.45) is 15.8 Å². The van der Waals surface area contributed by atoms with Gasteiger partial charge in [0.1, 0.15) is 35.7 Å². The average molecular weight is 372 g/mol. The molecular weight excluding hydrogens is 354 g/mol. The standard InChI is InChI=1S/C21H18N5O2/c1-14-10-17(25-28-14)13-27-18-7-3-6-16(11-18)21-24-20(15-4-2-5-15)19-12-23-8-9-26(19,21)22/h2-12H,13,22H2,1H3/q+1. The maximum absolute atomic E-state index is 6.72. The number of benzene rings is 1. The second kappa shape index (κ2) is 6.26. The Morgan fingerprint density at radius 3 is 2.89 bits per heavy atom. The number of aryl methyl sites for hydroxylation is 1. The molecule has 2 N–H and O–H groups in total. The molecule has 1 aromatic heterocycles. The van der Waals surface area contributed by atoms with Gasteiger partial charge in [0, 0.05) is 11.6 Å². The maximum Gasteiger partial charge on any atom is 0.265 e. The first kappa shape index (κ1) is 16.6. The third-order valence-corrected chi connectivity index (χ3v) is 4.77. The van der Waals surface area contributed by atoms with Gasteiger partial charge in [-0.3, -0.25) is 4.99 Å². The second-order valence-electron chi connectivity index (χ2n) is 6.75. The summed E-state index contributed by atoms with van der Waals surface area (Å²) in [6, 6.07) is 9.58. The molecule has 1 atom stereocenters. The van der Waals surface area contributed by atoms with Crippen molar-refractivity contribution in [1.82, 2.24) is 5.16 Å². The highest BCUT2D eigenvalue weighted by Crippen LogP contribution is 2.36. The molecule has 0 fully saturated rings. The molecule has 0 amide bonds. The highest BCUT2D eigenvalue weighted by Gasteiger charge is 2.44. The quantitative estimate of drug-likeness (QED) is 0.645. The third-order valence-electron chi connectivity index (χ3n) is 4.77. The van der Waals surface area contributed by atoms with E-state index < -0.39 is 0 Å². The minimum atomic E-state index is -0.0179. The van der Waals surface area contributed by atoms with Gasteiger partial charge in [-0.15, -0.1) is 4.59 Å². The van der Waals surface area contributed by atoms with Crippen LogP contribution < -0.4 is 10.6 Å². The van der Waals surface area contributed by atoms with E-state index in [1.165, 1.54) is 0 Å². The normalized spacial score (nSPS) is 22.1. The number of hydrogen-bond acceptors (Lipinski definition) is 6. The van der Waals surface area contributed by atoms with Gasteiger partial charge in [-0.25, -0.2) is 0 Å². The summed E-state index contributed by atoms with van der Waals surface area (Å²) in [7, 11) is 0. The SMILES string of the molecule is Cc1cc(COc2cccc(C3=NC(C4=CC=C4)=C4C=NC=C[N+]34N)c2)no1. The number of allylic oxidation sites excluding steroid dienone is 4. The summed E-state index contributed by atoms with van der Waals surface area (Å²) in [5.41, 5.74) is 4.37. The van der Waals surface area contributed by atoms with Crippen LogP contribution >= 0.6 is 0 Å². The fourth-order valence-electron chi connectivity index (χ4n) is 3.31. The Kier molecular flexibility index (Phi) is 3.71. The molecule has 1 unspecified atom stereocenters. The Bertz CT molecular complexity index is 1150. The fraction of sp³-hybridized carbons (Fsp3) is 0.0952. The lowest BCUT2D eigenvalue weighted by Gasteiger charge is -2.26. The zero-order valence-electron chi connectivity index (χ0n) is 15.2. The Morgan fingerprint density at radius 2 is 2.14 bits per heavy atom. The number of aliphatic imine (C=N–C) groups is 2. The molecule has 3 aliphatic rings. The second-order valence-corrected chi connectivity index (χ2v) is 6.75. The predicted molar refractivity (Wildman–Crippen MR) is 105 cm³/mol. The highest BCUT2D eigenvalue weighted by atomic mass is 16.5. The van der Waals surface area contributed by atoms with Crippen LogP contribution in [-0.2, 0) is 6.61 Å². The number of fused-ring (bicyclic) bond motifs is 1. The van der Waals surface area contributed by atoms with Crippen LogP contribution in [0.2, 0.25) is 0 Å². The van der Waals surface area contributed by atoms with E-state index in [0.717, 1.165) is 39.8 Å². The minimum absolute atomic E-state index is 0.0179. The number of ether oxygens (including phenoxy) is 1. The average Bonchev–Trinajstić information content (AvgIpc) is 3.20. The molecule has 7 heteroatoms. The van der Waals surface area contributed by atoms with Crippen LogP contribution in [0.15, 0.2) is 92.4 Å². The van der Waals surface area contributed by atoms with E-state index in [0.29, 0.717) is 12.4 Å². The van der Waals surface area contributed by atoms with Crippen LogP contribution in [0.5, 0.6) is 5.75 Å². The van der Waals surface area contributed by atoms with E-state index in [9.17, 15) is 0 Å². The summed E-state index contributed by atoms with van der Waals surface area (Å²) in [6.45, 7) is 2.18. The van der Waals surface area contributed by atoms with Gasteiger partial charge in [-0.2, -0.15) is 10.8 Å². The number of amidine groups is 1. The molecule has 7 nitrogen and oxygen atoms in total. The number of aromatic nitrogens is 1. The van der Waals surface area contributed by atoms with E-state index in [4.69, 9.17) is 20.1 Å². The monoisotopic (exact) mass is 372 g/mol. The van der Waals surface area contributed by atoms with Gasteiger partial charge in [-0.05, 0) is 25.1 Å². The molecule has 2 aliphatic heterocycles. The molecule has 0 saturated carbocycles. The minimum Gasteiger partial charge on any atom is -0.487 e. The van der Waals surface area contributed by atoms with Crippen LogP contribution in [0.25, 0.3) is 0 Å². The smallest absolute Gasteiger partial charge is 0.265 e. The van der Waals surface area contributed by atoms with Crippen LogP contribution in [0.3, 0.4) is 0 Å². The first-order valence-electron chi connectivity index (χ1n) is 8.90. The van der Waals surface area contributed by atoms with E-state index >= 15 is 0 Å². The number of nitrogens with two attached hydrogens (primary N) is 1. The van der Waals surface area contributed by atoms with Gasteiger partial charge in [-0.1, -0.05) is 29.5 Å². The molecule has 0 bridgehead atoms. The van der Waals surface area contributed by atoms with E-state index in [1.807, 2.05) is 61.7 Å². The molecule has 3 heterocycles. The lowest BCUT2D eigenvalue weighted by atomic mass is 10.0. The molecule has 0 spiro atoms. The van der Waals surface area contributed by atoms with Crippen LogP contribution in [-0.4, -0.2) is 21.8 Å². The summed E-state index contributed by atoms with van der Waals surface area (Å²) < 4.78 is 10.9. The number of hydrogen-bond donors (Lipinski definition) is 1. The summed E-state index contributed by atoms with van der Waals surface area (Å²) in [6.07, 6.45) is 11.3. The Morgan fingerprint density at radius 1 is 1.25 bits per heavy atom. The topological polar surface area (TPSA) is 86.0 Å². The van der Waals surface area contributed by atoms with Crippen molar-refractivity contribution < 1.29 is 13.9 Å². The predicted octanol–water partition coefficient (Wildman–Crippen LogP) is 3.28. The van der Waals surface area contributed by atoms with E-state index in [1.54, 1.807) is 12.4 Å². The van der Waals surface area contributed by atoms with Gasteiger partial charge in [0.15, 0.2) is 0 Å². The summed E-state index contributed by atoms with van der Waals surface area (Å²) in [4.78, 5) is 9.10. The summed E-state index contributed by atoms with van der Waals surface area (Å²) >= 11 is 0. The molecule has 5 rings (SSSR count). The highest BCUT2D eigenvalue weighted by molar-refractivity contribution is 6.01. The van der Waals surface area contributed by atoms with E-state index in [2.05, 4.69) is 10.1 Å². The third kappa shape index (κ3) is 2.65. The lowest BCUT2D eigenvalue weighted by Crippen LogP contribution is -2.53. The molecule has 1 aromatic carbocycles. The first-order valence-corrected chi connectivity index (χ1v) is 8.90. The zero-order chi connectivity index (χ0) is 19.1. The number of rotatable bonds is 5. The Labute approximate surface area is 161 Å². The summed E-state index contributed by atoms with van der Waals surface area (Å²) in [5, 5.41) is 3.95. The largest absolute Gasteiger partial charge is 0.487 e. The van der Waals surface area contributed by atoms with Crippen molar-refractivity contribution in [3.63, 3.8) is 0 Å². The molecule has 2 aromatic rings. The van der Waals surface area contributed by atoms with Gasteiger partial charge >= 0.3 is 0 Å². The molecular formula is C21H18N5O2+. The van der Waals surface area contributed by atoms with Gasteiger partial charge in [0.2, 0.25) is 5.70 Å². The Hall–Kier alpha value is -3.55. The van der Waals surface area contributed by atoms with Gasteiger partial charge < -0.3 is 9.26 Å². The Balaban J connectivity index is 1.46. The molecule has 0 radical (unpaired) electrons. The molecule has 138 valence electrons. The van der Waals surface area contributed by atoms with Crippen molar-refractivity contribution in [3.8, 4) is 5.75 Å². The van der Waals surface area contributed by atoms with E-state index in [-0.39, 0.29) is 4.59 Å². The number of nitrogens with zero attached hydrogens (tertiary/aromatic N) is 4. The van der Waals surface area contributed by atoms with Crippen molar-refractivity contribution in [1.29, 1.82) is 0 Å². The van der Waals surface area contributed by atoms with Gasteiger partial charge in [0.25, 0.3) is 5.84 Å². The van der Waals surface area contributed by atoms with Crippen molar-refractivity contribution in [3.05, 3.63) is 94.9 Å². The first-order chi connectivity index (χ1) is 13.6. The van der Waals surface area contributed by atoms with Crippen molar-refractivity contribution in [2.75, 3.05) is 0 Å². The van der Waals surface area contributed by atoms with Crippen molar-refractivity contribution in [2.45, 2.75) is 13.5 Å². The van der Waals surface area contributed by atoms with Crippen LogP contribution in [0.4, 0.5) is 0 Å². The molecule has 28 heavy (non-hydrogen) atoms.